The zero-order chi connectivity index (χ0) is 22.7. The molecule has 0 bridgehead atoms. The molecule has 0 unspecified atom stereocenters. The Balaban J connectivity index is 1.58. The summed E-state index contributed by atoms with van der Waals surface area (Å²) >= 11 is 0. The average molecular weight is 432 g/mol. The van der Waals surface area contributed by atoms with Crippen molar-refractivity contribution >= 4 is 23.3 Å². The van der Waals surface area contributed by atoms with Gasteiger partial charge >= 0.3 is 6.03 Å². The lowest BCUT2D eigenvalue weighted by atomic mass is 10.1. The van der Waals surface area contributed by atoms with Gasteiger partial charge in [-0.1, -0.05) is 30.3 Å². The Hall–Kier alpha value is -3.67. The fourth-order valence-electron chi connectivity index (χ4n) is 3.93. The van der Waals surface area contributed by atoms with Gasteiger partial charge in [0.15, 0.2) is 0 Å². The number of carbonyl (C=O) groups excluding carboxylic acids is 2. The molecule has 1 N–H and O–H groups in total. The van der Waals surface area contributed by atoms with Gasteiger partial charge in [-0.05, 0) is 73.4 Å². The molecule has 3 amide bonds. The van der Waals surface area contributed by atoms with Gasteiger partial charge in [-0.3, -0.25) is 9.69 Å². The van der Waals surface area contributed by atoms with Crippen molar-refractivity contribution in [3.63, 3.8) is 0 Å². The van der Waals surface area contributed by atoms with Crippen LogP contribution in [0, 0.1) is 19.7 Å². The molecule has 5 nitrogen and oxygen atoms in total. The molecule has 3 aromatic carbocycles. The number of nitrogens with zero attached hydrogens (tertiary/aromatic N) is 2. The van der Waals surface area contributed by atoms with Crippen molar-refractivity contribution in [3.05, 3.63) is 94.8 Å². The minimum Gasteiger partial charge on any atom is -0.320 e. The number of amides is 3. The van der Waals surface area contributed by atoms with Crippen LogP contribution in [0.15, 0.2) is 66.7 Å². The van der Waals surface area contributed by atoms with E-state index >= 15 is 0 Å². The van der Waals surface area contributed by atoms with Gasteiger partial charge in [0.25, 0.3) is 5.91 Å². The summed E-state index contributed by atoms with van der Waals surface area (Å²) in [7, 11) is 0. The summed E-state index contributed by atoms with van der Waals surface area (Å²) < 4.78 is 13.2. The Morgan fingerprint density at radius 2 is 1.75 bits per heavy atom. The number of hydrogen-bond acceptors (Lipinski definition) is 2. The van der Waals surface area contributed by atoms with E-state index in [4.69, 9.17) is 0 Å². The highest BCUT2D eigenvalue weighted by Gasteiger charge is 2.29. The first-order valence-corrected chi connectivity index (χ1v) is 10.7. The lowest BCUT2D eigenvalue weighted by Gasteiger charge is -2.36. The summed E-state index contributed by atoms with van der Waals surface area (Å²) in [5.41, 5.74) is 4.81. The van der Waals surface area contributed by atoms with E-state index in [1.807, 2.05) is 61.2 Å². The third-order valence-corrected chi connectivity index (χ3v) is 5.73. The van der Waals surface area contributed by atoms with E-state index in [0.717, 1.165) is 23.1 Å². The number of aryl methyl sites for hydroxylation is 2. The first-order valence-electron chi connectivity index (χ1n) is 10.7. The minimum absolute atomic E-state index is 0.0827. The van der Waals surface area contributed by atoms with Gasteiger partial charge < -0.3 is 10.2 Å². The number of hydrogen-bond donors (Lipinski definition) is 1. The van der Waals surface area contributed by atoms with Crippen molar-refractivity contribution in [1.29, 1.82) is 0 Å². The van der Waals surface area contributed by atoms with Crippen LogP contribution in [-0.4, -0.2) is 29.9 Å². The van der Waals surface area contributed by atoms with Crippen molar-refractivity contribution < 1.29 is 14.0 Å². The minimum atomic E-state index is -0.398. The quantitative estimate of drug-likeness (QED) is 0.578. The van der Waals surface area contributed by atoms with Crippen molar-refractivity contribution in [3.8, 4) is 0 Å². The Morgan fingerprint density at radius 3 is 2.50 bits per heavy atom. The lowest BCUT2D eigenvalue weighted by Crippen LogP contribution is -2.49. The van der Waals surface area contributed by atoms with Gasteiger partial charge in [0.05, 0.1) is 11.4 Å². The van der Waals surface area contributed by atoms with Crippen LogP contribution < -0.4 is 10.2 Å². The van der Waals surface area contributed by atoms with Crippen molar-refractivity contribution in [1.82, 2.24) is 4.90 Å². The zero-order valence-electron chi connectivity index (χ0n) is 18.3. The van der Waals surface area contributed by atoms with E-state index in [2.05, 4.69) is 5.32 Å². The van der Waals surface area contributed by atoms with Crippen LogP contribution in [-0.2, 0) is 6.54 Å². The maximum absolute atomic E-state index is 13.4. The summed E-state index contributed by atoms with van der Waals surface area (Å²) in [6.45, 7) is 5.79. The van der Waals surface area contributed by atoms with E-state index in [1.165, 1.54) is 24.3 Å². The number of carbonyl (C=O) groups is 2. The number of anilines is 2. The van der Waals surface area contributed by atoms with Crippen molar-refractivity contribution in [2.75, 3.05) is 23.3 Å². The normalized spacial score (nSPS) is 13.9. The Labute approximate surface area is 187 Å². The molecule has 4 rings (SSSR count). The summed E-state index contributed by atoms with van der Waals surface area (Å²) in [4.78, 5) is 29.7. The van der Waals surface area contributed by atoms with E-state index in [9.17, 15) is 14.0 Å². The average Bonchev–Trinajstić information content (AvgIpc) is 2.77. The van der Waals surface area contributed by atoms with E-state index < -0.39 is 5.82 Å². The van der Waals surface area contributed by atoms with Crippen LogP contribution in [0.1, 0.15) is 33.5 Å². The fraction of sp³-hybridized carbons (Fsp3) is 0.231. The second-order valence-corrected chi connectivity index (χ2v) is 8.12. The molecule has 3 aromatic rings. The van der Waals surface area contributed by atoms with Crippen LogP contribution in [0.3, 0.4) is 0 Å². The standard InChI is InChI=1S/C26H26FN3O2/c1-18-8-13-24(23(16-18)28-25(31)20-9-11-22(27)12-10-20)30-15-5-14-29(26(30)32)17-21-7-4-3-6-19(21)2/h3-4,6-13,16H,5,14-15,17H2,1-2H3,(H,28,31). The molecule has 0 aromatic heterocycles. The summed E-state index contributed by atoms with van der Waals surface area (Å²) in [6.07, 6.45) is 0.830. The number of halogens is 1. The molecule has 1 heterocycles. The van der Waals surface area contributed by atoms with Crippen molar-refractivity contribution in [2.24, 2.45) is 0 Å². The molecule has 0 spiro atoms. The molecule has 0 saturated carbocycles. The predicted molar refractivity (Wildman–Crippen MR) is 124 cm³/mol. The Bertz CT molecular complexity index is 1140. The molecular formula is C26H26FN3O2. The highest BCUT2D eigenvalue weighted by atomic mass is 19.1. The second kappa shape index (κ2) is 9.22. The second-order valence-electron chi connectivity index (χ2n) is 8.12. The summed E-state index contributed by atoms with van der Waals surface area (Å²) in [5.74, 6) is -0.747. The summed E-state index contributed by atoms with van der Waals surface area (Å²) in [5, 5.41) is 2.90. The third kappa shape index (κ3) is 4.64. The Kier molecular flexibility index (Phi) is 6.21. The largest absolute Gasteiger partial charge is 0.324 e. The van der Waals surface area contributed by atoms with Crippen LogP contribution in [0.25, 0.3) is 0 Å². The van der Waals surface area contributed by atoms with Crippen LogP contribution in [0.5, 0.6) is 0 Å². The van der Waals surface area contributed by atoms with Gasteiger partial charge in [-0.2, -0.15) is 0 Å². The first kappa shape index (κ1) is 21.6. The van der Waals surface area contributed by atoms with Gasteiger partial charge in [-0.15, -0.1) is 0 Å². The molecule has 0 radical (unpaired) electrons. The maximum atomic E-state index is 13.4. The van der Waals surface area contributed by atoms with Crippen LogP contribution in [0.4, 0.5) is 20.6 Å². The number of urea groups is 1. The molecule has 1 fully saturated rings. The monoisotopic (exact) mass is 431 g/mol. The molecule has 1 saturated heterocycles. The number of rotatable bonds is 5. The zero-order valence-corrected chi connectivity index (χ0v) is 18.3. The summed E-state index contributed by atoms with van der Waals surface area (Å²) in [6, 6.07) is 19.0. The van der Waals surface area contributed by atoms with E-state index in [-0.39, 0.29) is 11.9 Å². The van der Waals surface area contributed by atoms with Crippen LogP contribution >= 0.6 is 0 Å². The molecule has 1 aliphatic heterocycles. The molecule has 0 aliphatic carbocycles. The fourth-order valence-corrected chi connectivity index (χ4v) is 3.93. The third-order valence-electron chi connectivity index (χ3n) is 5.73. The van der Waals surface area contributed by atoms with Gasteiger partial charge in [0, 0.05) is 25.2 Å². The molecule has 164 valence electrons. The van der Waals surface area contributed by atoms with E-state index in [1.54, 1.807) is 4.90 Å². The molecule has 6 heteroatoms. The molecule has 0 atom stereocenters. The number of nitrogens with one attached hydrogen (secondary N) is 1. The van der Waals surface area contributed by atoms with Crippen molar-refractivity contribution in [2.45, 2.75) is 26.8 Å². The molecular weight excluding hydrogens is 405 g/mol. The molecule has 32 heavy (non-hydrogen) atoms. The highest BCUT2D eigenvalue weighted by Crippen LogP contribution is 2.31. The Morgan fingerprint density at radius 1 is 1.00 bits per heavy atom. The van der Waals surface area contributed by atoms with E-state index in [0.29, 0.717) is 36.6 Å². The molecule has 1 aliphatic rings. The van der Waals surface area contributed by atoms with Gasteiger partial charge in [0.2, 0.25) is 0 Å². The maximum Gasteiger partial charge on any atom is 0.324 e. The predicted octanol–water partition coefficient (Wildman–Crippen LogP) is 5.53. The van der Waals surface area contributed by atoms with Gasteiger partial charge in [-0.25, -0.2) is 9.18 Å². The van der Waals surface area contributed by atoms with Crippen LogP contribution in [0.2, 0.25) is 0 Å². The van der Waals surface area contributed by atoms with Gasteiger partial charge in [0.1, 0.15) is 5.82 Å². The smallest absolute Gasteiger partial charge is 0.320 e. The topological polar surface area (TPSA) is 52.6 Å². The first-order chi connectivity index (χ1) is 15.4. The SMILES string of the molecule is Cc1ccc(N2CCCN(Cc3ccccc3C)C2=O)c(NC(=O)c2ccc(F)cc2)c1. The number of benzene rings is 3. The highest BCUT2D eigenvalue weighted by molar-refractivity contribution is 6.07. The lowest BCUT2D eigenvalue weighted by molar-refractivity contribution is 0.102.